The Morgan fingerprint density at radius 2 is 1.61 bits per heavy atom. The average molecular weight is 428 g/mol. The zero-order valence-corrected chi connectivity index (χ0v) is 17.9. The van der Waals surface area contributed by atoms with Crippen molar-refractivity contribution in [3.05, 3.63) is 65.7 Å². The molecular weight excluding hydrogens is 400 g/mol. The lowest BCUT2D eigenvalue weighted by Crippen LogP contribution is -2.53. The van der Waals surface area contributed by atoms with Crippen LogP contribution < -0.4 is 10.6 Å². The number of hydrogen-bond donors (Lipinski definition) is 2. The topological polar surface area (TPSA) is 119 Å². The third-order valence-electron chi connectivity index (χ3n) is 4.26. The molecular formula is C23H28N2O6. The van der Waals surface area contributed by atoms with Crippen LogP contribution in [0.4, 0.5) is 5.69 Å². The van der Waals surface area contributed by atoms with E-state index in [0.29, 0.717) is 0 Å². The molecule has 3 N–H and O–H groups in total. The largest absolute Gasteiger partial charge is 0.478 e. The van der Waals surface area contributed by atoms with Crippen LogP contribution in [-0.4, -0.2) is 41.8 Å². The number of hydrogen-bond acceptors (Lipinski definition) is 6. The molecule has 8 nitrogen and oxygen atoms in total. The molecule has 1 unspecified atom stereocenters. The first kappa shape index (κ1) is 24.0. The smallest absolute Gasteiger partial charge is 0.354 e. The second-order valence-corrected chi connectivity index (χ2v) is 7.49. The molecule has 0 fully saturated rings. The van der Waals surface area contributed by atoms with Gasteiger partial charge in [0.2, 0.25) is 12.1 Å². The van der Waals surface area contributed by atoms with E-state index in [1.807, 2.05) is 44.2 Å². The molecule has 0 radical (unpaired) electrons. The molecule has 0 bridgehead atoms. The molecule has 0 aliphatic carbocycles. The van der Waals surface area contributed by atoms with Gasteiger partial charge in [-0.3, -0.25) is 9.69 Å². The quantitative estimate of drug-likeness (QED) is 0.441. The van der Waals surface area contributed by atoms with Crippen LogP contribution in [0.25, 0.3) is 0 Å². The molecule has 166 valence electrons. The summed E-state index contributed by atoms with van der Waals surface area (Å²) in [6, 6.07) is 14.2. The van der Waals surface area contributed by atoms with Gasteiger partial charge >= 0.3 is 11.9 Å². The van der Waals surface area contributed by atoms with Gasteiger partial charge in [-0.2, -0.15) is 0 Å². The molecule has 2 aromatic rings. The van der Waals surface area contributed by atoms with Gasteiger partial charge in [0.15, 0.2) is 0 Å². The molecule has 8 heteroatoms. The second kappa shape index (κ2) is 11.2. The van der Waals surface area contributed by atoms with Crippen LogP contribution in [0.2, 0.25) is 0 Å². The summed E-state index contributed by atoms with van der Waals surface area (Å²) < 4.78 is 10.9. The van der Waals surface area contributed by atoms with Gasteiger partial charge in [-0.05, 0) is 30.5 Å². The van der Waals surface area contributed by atoms with Gasteiger partial charge in [0, 0.05) is 0 Å². The molecule has 0 aliphatic rings. The van der Waals surface area contributed by atoms with Crippen molar-refractivity contribution in [3.8, 4) is 0 Å². The Hall–Kier alpha value is -3.23. The summed E-state index contributed by atoms with van der Waals surface area (Å²) in [6.45, 7) is 5.27. The normalized spacial score (nSPS) is 12.8. The van der Waals surface area contributed by atoms with Crippen molar-refractivity contribution in [3.63, 3.8) is 0 Å². The van der Waals surface area contributed by atoms with Crippen LogP contribution >= 0.6 is 0 Å². The molecule has 0 aliphatic heterocycles. The third-order valence-corrected chi connectivity index (χ3v) is 4.26. The zero-order chi connectivity index (χ0) is 23.0. The predicted octanol–water partition coefficient (Wildman–Crippen LogP) is 2.81. The van der Waals surface area contributed by atoms with E-state index < -0.39 is 30.1 Å². The number of esters is 1. The van der Waals surface area contributed by atoms with E-state index in [9.17, 15) is 19.5 Å². The minimum Gasteiger partial charge on any atom is -0.478 e. The number of nitrogens with zero attached hydrogens (tertiary/aromatic N) is 1. The number of aliphatic carboxylic acids is 1. The predicted molar refractivity (Wildman–Crippen MR) is 115 cm³/mol. The maximum Gasteiger partial charge on any atom is 0.354 e. The van der Waals surface area contributed by atoms with E-state index >= 15 is 0 Å². The number of para-hydroxylation sites is 1. The highest BCUT2D eigenvalue weighted by Crippen LogP contribution is 2.26. The van der Waals surface area contributed by atoms with Gasteiger partial charge in [-0.1, -0.05) is 56.3 Å². The fourth-order valence-corrected chi connectivity index (χ4v) is 2.78. The van der Waals surface area contributed by atoms with Crippen molar-refractivity contribution < 1.29 is 29.0 Å². The van der Waals surface area contributed by atoms with Crippen LogP contribution in [0.5, 0.6) is 0 Å². The summed E-state index contributed by atoms with van der Waals surface area (Å²) in [5.41, 5.74) is 6.65. The number of benzene rings is 2. The molecule has 0 spiro atoms. The van der Waals surface area contributed by atoms with Gasteiger partial charge in [0.05, 0.1) is 23.9 Å². The fraction of sp³-hybridized carbons (Fsp3) is 0.348. The molecule has 0 saturated heterocycles. The second-order valence-electron chi connectivity index (χ2n) is 7.49. The Kier molecular flexibility index (Phi) is 8.72. The standard InChI is InChI=1S/C23H28N2O6/c1-15(2)13-30-21(22(27)28)25(20(26)16(3)24)19-12-8-7-11-18(19)23(29)31-14-17-9-5-4-6-10-17/h4-12,15-16,21H,13-14,24H2,1-3H3,(H,27,28)/t16-,21?/m0/s1. The van der Waals surface area contributed by atoms with Crippen LogP contribution in [0.1, 0.15) is 36.7 Å². The monoisotopic (exact) mass is 428 g/mol. The van der Waals surface area contributed by atoms with E-state index in [0.717, 1.165) is 10.5 Å². The number of nitrogens with two attached hydrogens (primary N) is 1. The number of rotatable bonds is 10. The number of carboxylic acids is 1. The lowest BCUT2D eigenvalue weighted by atomic mass is 10.1. The van der Waals surface area contributed by atoms with Crippen LogP contribution in [-0.2, 0) is 25.7 Å². The Morgan fingerprint density at radius 3 is 2.19 bits per heavy atom. The highest BCUT2D eigenvalue weighted by Gasteiger charge is 2.36. The first-order chi connectivity index (χ1) is 14.7. The van der Waals surface area contributed by atoms with E-state index in [2.05, 4.69) is 0 Å². The summed E-state index contributed by atoms with van der Waals surface area (Å²) in [5, 5.41) is 9.75. The summed E-state index contributed by atoms with van der Waals surface area (Å²) in [5.74, 6) is -2.74. The van der Waals surface area contributed by atoms with Crippen LogP contribution in [0, 0.1) is 5.92 Å². The van der Waals surface area contributed by atoms with E-state index in [1.165, 1.54) is 19.1 Å². The molecule has 0 heterocycles. The van der Waals surface area contributed by atoms with Crippen LogP contribution in [0.15, 0.2) is 54.6 Å². The molecule has 1 amide bonds. The maximum absolute atomic E-state index is 12.9. The summed E-state index contributed by atoms with van der Waals surface area (Å²) >= 11 is 0. The lowest BCUT2D eigenvalue weighted by molar-refractivity contribution is -0.153. The van der Waals surface area contributed by atoms with E-state index in [4.69, 9.17) is 15.2 Å². The fourth-order valence-electron chi connectivity index (χ4n) is 2.78. The summed E-state index contributed by atoms with van der Waals surface area (Å²) in [7, 11) is 0. The Balaban J connectivity index is 2.40. The highest BCUT2D eigenvalue weighted by molar-refractivity contribution is 6.06. The number of carboxylic acid groups (broad SMARTS) is 1. The van der Waals surface area contributed by atoms with Crippen molar-refractivity contribution in [2.24, 2.45) is 11.7 Å². The first-order valence-electron chi connectivity index (χ1n) is 9.95. The van der Waals surface area contributed by atoms with Gasteiger partial charge in [-0.25, -0.2) is 9.59 Å². The van der Waals surface area contributed by atoms with Gasteiger partial charge in [0.25, 0.3) is 0 Å². The van der Waals surface area contributed by atoms with Crippen molar-refractivity contribution in [2.75, 3.05) is 11.5 Å². The Labute approximate surface area is 181 Å². The minimum absolute atomic E-state index is 0.0279. The average Bonchev–Trinajstić information content (AvgIpc) is 2.74. The van der Waals surface area contributed by atoms with Crippen molar-refractivity contribution in [1.29, 1.82) is 0 Å². The Morgan fingerprint density at radius 1 is 1.00 bits per heavy atom. The molecule has 2 rings (SSSR count). The van der Waals surface area contributed by atoms with Crippen LogP contribution in [0.3, 0.4) is 0 Å². The zero-order valence-electron chi connectivity index (χ0n) is 17.9. The first-order valence-corrected chi connectivity index (χ1v) is 9.95. The number of carbonyl (C=O) groups excluding carboxylic acids is 2. The number of amides is 1. The number of anilines is 1. The van der Waals surface area contributed by atoms with Crippen molar-refractivity contribution in [2.45, 2.75) is 39.6 Å². The lowest BCUT2D eigenvalue weighted by Gasteiger charge is -2.31. The number of carbonyl (C=O) groups is 3. The molecule has 0 saturated carbocycles. The maximum atomic E-state index is 12.9. The molecule has 2 aromatic carbocycles. The molecule has 31 heavy (non-hydrogen) atoms. The van der Waals surface area contributed by atoms with Gasteiger partial charge in [-0.15, -0.1) is 0 Å². The van der Waals surface area contributed by atoms with Crippen molar-refractivity contribution >= 4 is 23.5 Å². The van der Waals surface area contributed by atoms with Crippen molar-refractivity contribution in [1.82, 2.24) is 0 Å². The minimum atomic E-state index is -1.65. The van der Waals surface area contributed by atoms with E-state index in [1.54, 1.807) is 12.1 Å². The van der Waals surface area contributed by atoms with E-state index in [-0.39, 0.29) is 30.4 Å². The molecule has 0 aromatic heterocycles. The SMILES string of the molecule is CC(C)COC(C(=O)O)N(C(=O)[C@H](C)N)c1ccccc1C(=O)OCc1ccccc1. The third kappa shape index (κ3) is 6.63. The summed E-state index contributed by atoms with van der Waals surface area (Å²) in [6.07, 6.45) is -1.65. The number of ether oxygens (including phenoxy) is 2. The molecule has 2 atom stereocenters. The Bertz CT molecular complexity index is 898. The highest BCUT2D eigenvalue weighted by atomic mass is 16.5. The van der Waals surface area contributed by atoms with Gasteiger partial charge < -0.3 is 20.3 Å². The summed E-state index contributed by atoms with van der Waals surface area (Å²) in [4.78, 5) is 38.6. The van der Waals surface area contributed by atoms with Gasteiger partial charge in [0.1, 0.15) is 6.61 Å².